The fourth-order valence-electron chi connectivity index (χ4n) is 2.55. The minimum Gasteiger partial charge on any atom is -0.480 e. The molecule has 0 aromatic heterocycles. The van der Waals surface area contributed by atoms with Crippen LogP contribution in [-0.4, -0.2) is 52.9 Å². The Bertz CT molecular complexity index is 273. The molecule has 1 unspecified atom stereocenters. The van der Waals surface area contributed by atoms with Crippen molar-refractivity contribution in [1.29, 1.82) is 0 Å². The van der Waals surface area contributed by atoms with Gasteiger partial charge in [-0.2, -0.15) is 0 Å². The Morgan fingerprint density at radius 2 is 1.82 bits per heavy atom. The monoisotopic (exact) mass is 244 g/mol. The summed E-state index contributed by atoms with van der Waals surface area (Å²) < 4.78 is 5.96. The molecule has 1 rings (SSSR count). The Kier molecular flexibility index (Phi) is 4.17. The number of nitrogens with two attached hydrogens (primary N) is 1. The van der Waals surface area contributed by atoms with Crippen molar-refractivity contribution in [3.05, 3.63) is 0 Å². The Morgan fingerprint density at radius 3 is 2.24 bits per heavy atom. The highest BCUT2D eigenvalue weighted by Crippen LogP contribution is 2.27. The summed E-state index contributed by atoms with van der Waals surface area (Å²) in [5, 5.41) is 8.75. The molecular formula is C12H24N2O3. The van der Waals surface area contributed by atoms with E-state index in [1.54, 1.807) is 0 Å². The van der Waals surface area contributed by atoms with E-state index in [9.17, 15) is 4.79 Å². The standard InChI is InChI=1S/C12H24N2O3/c1-11(2)7-14(8-12(3,4)17-11)6-5-9(13)10(15)16/h9H,5-8,13H2,1-4H3,(H,15,16). The van der Waals surface area contributed by atoms with Crippen LogP contribution in [0.4, 0.5) is 0 Å². The van der Waals surface area contributed by atoms with Crippen LogP contribution in [0.3, 0.4) is 0 Å². The molecule has 17 heavy (non-hydrogen) atoms. The summed E-state index contributed by atoms with van der Waals surface area (Å²) in [6.45, 7) is 10.5. The zero-order valence-corrected chi connectivity index (χ0v) is 11.2. The van der Waals surface area contributed by atoms with Gasteiger partial charge in [0.25, 0.3) is 0 Å². The molecule has 5 heteroatoms. The number of hydrogen-bond donors (Lipinski definition) is 2. The molecule has 100 valence electrons. The van der Waals surface area contributed by atoms with Crippen LogP contribution in [-0.2, 0) is 9.53 Å². The summed E-state index contributed by atoms with van der Waals surface area (Å²) in [6.07, 6.45) is 0.474. The third-order valence-electron chi connectivity index (χ3n) is 2.83. The van der Waals surface area contributed by atoms with Crippen molar-refractivity contribution in [2.45, 2.75) is 51.4 Å². The number of carboxylic acids is 1. The van der Waals surface area contributed by atoms with Gasteiger partial charge in [-0.3, -0.25) is 9.69 Å². The lowest BCUT2D eigenvalue weighted by atomic mass is 9.98. The molecule has 0 aliphatic carbocycles. The molecule has 0 aromatic carbocycles. The Balaban J connectivity index is 2.51. The normalized spacial score (nSPS) is 25.5. The van der Waals surface area contributed by atoms with E-state index in [2.05, 4.69) is 32.6 Å². The summed E-state index contributed by atoms with van der Waals surface area (Å²) in [7, 11) is 0. The number of carboxylic acid groups (broad SMARTS) is 1. The van der Waals surface area contributed by atoms with E-state index in [0.29, 0.717) is 13.0 Å². The second-order valence-electron chi connectivity index (χ2n) is 6.07. The second kappa shape index (κ2) is 4.92. The van der Waals surface area contributed by atoms with Gasteiger partial charge in [0.1, 0.15) is 6.04 Å². The summed E-state index contributed by atoms with van der Waals surface area (Å²) in [5.74, 6) is -0.934. The number of nitrogens with zero attached hydrogens (tertiary/aromatic N) is 1. The minimum absolute atomic E-state index is 0.199. The zero-order valence-electron chi connectivity index (χ0n) is 11.2. The lowest BCUT2D eigenvalue weighted by molar-refractivity contribution is -0.180. The smallest absolute Gasteiger partial charge is 0.320 e. The van der Waals surface area contributed by atoms with Crippen LogP contribution in [0.25, 0.3) is 0 Å². The topological polar surface area (TPSA) is 75.8 Å². The predicted molar refractivity (Wildman–Crippen MR) is 65.9 cm³/mol. The maximum Gasteiger partial charge on any atom is 0.320 e. The Hall–Kier alpha value is -0.650. The molecule has 1 aliphatic heterocycles. The van der Waals surface area contributed by atoms with E-state index >= 15 is 0 Å². The Labute approximate surface area is 103 Å². The maximum absolute atomic E-state index is 10.7. The van der Waals surface area contributed by atoms with Gasteiger partial charge in [-0.05, 0) is 34.1 Å². The van der Waals surface area contributed by atoms with Gasteiger partial charge < -0.3 is 15.6 Å². The van der Waals surface area contributed by atoms with E-state index in [1.165, 1.54) is 0 Å². The fraction of sp³-hybridized carbons (Fsp3) is 0.917. The van der Waals surface area contributed by atoms with Crippen molar-refractivity contribution in [1.82, 2.24) is 4.90 Å². The number of rotatable bonds is 4. The highest BCUT2D eigenvalue weighted by Gasteiger charge is 2.37. The van der Waals surface area contributed by atoms with Crippen molar-refractivity contribution in [2.75, 3.05) is 19.6 Å². The van der Waals surface area contributed by atoms with Crippen LogP contribution >= 0.6 is 0 Å². The van der Waals surface area contributed by atoms with Gasteiger partial charge in [-0.15, -0.1) is 0 Å². The Morgan fingerprint density at radius 1 is 1.35 bits per heavy atom. The molecule has 1 fully saturated rings. The van der Waals surface area contributed by atoms with E-state index in [4.69, 9.17) is 15.6 Å². The first kappa shape index (κ1) is 14.4. The minimum atomic E-state index is -0.934. The molecule has 0 radical (unpaired) electrons. The molecular weight excluding hydrogens is 220 g/mol. The first-order valence-electron chi connectivity index (χ1n) is 6.02. The summed E-state index contributed by atoms with van der Waals surface area (Å²) in [6, 6.07) is -0.774. The van der Waals surface area contributed by atoms with Gasteiger partial charge in [0.2, 0.25) is 0 Å². The van der Waals surface area contributed by atoms with Gasteiger partial charge in [0.05, 0.1) is 11.2 Å². The van der Waals surface area contributed by atoms with Crippen molar-refractivity contribution in [3.63, 3.8) is 0 Å². The van der Waals surface area contributed by atoms with Crippen LogP contribution < -0.4 is 5.73 Å². The van der Waals surface area contributed by atoms with Crippen molar-refractivity contribution in [3.8, 4) is 0 Å². The molecule has 1 aliphatic rings. The van der Waals surface area contributed by atoms with Crippen LogP contribution in [0.15, 0.2) is 0 Å². The third-order valence-corrected chi connectivity index (χ3v) is 2.83. The van der Waals surface area contributed by atoms with E-state index < -0.39 is 12.0 Å². The van der Waals surface area contributed by atoms with Gasteiger partial charge in [-0.25, -0.2) is 0 Å². The molecule has 0 bridgehead atoms. The number of ether oxygens (including phenoxy) is 1. The molecule has 0 saturated carbocycles. The second-order valence-corrected chi connectivity index (χ2v) is 6.07. The number of morpholine rings is 1. The highest BCUT2D eigenvalue weighted by atomic mass is 16.5. The van der Waals surface area contributed by atoms with Crippen molar-refractivity contribution < 1.29 is 14.6 Å². The average Bonchev–Trinajstić information content (AvgIpc) is 2.08. The maximum atomic E-state index is 10.7. The van der Waals surface area contributed by atoms with Gasteiger partial charge in [-0.1, -0.05) is 0 Å². The SMILES string of the molecule is CC1(C)CN(CCC(N)C(=O)O)CC(C)(C)O1. The van der Waals surface area contributed by atoms with E-state index in [-0.39, 0.29) is 11.2 Å². The van der Waals surface area contributed by atoms with Gasteiger partial charge in [0, 0.05) is 19.6 Å². The lowest BCUT2D eigenvalue weighted by Crippen LogP contribution is -2.57. The number of hydrogen-bond acceptors (Lipinski definition) is 4. The summed E-state index contributed by atoms with van der Waals surface area (Å²) in [4.78, 5) is 12.9. The van der Waals surface area contributed by atoms with Crippen LogP contribution in [0.1, 0.15) is 34.1 Å². The number of aliphatic carboxylic acids is 1. The van der Waals surface area contributed by atoms with Gasteiger partial charge in [0.15, 0.2) is 0 Å². The van der Waals surface area contributed by atoms with E-state index in [0.717, 1.165) is 13.1 Å². The summed E-state index contributed by atoms with van der Waals surface area (Å²) >= 11 is 0. The molecule has 1 atom stereocenters. The quantitative estimate of drug-likeness (QED) is 0.760. The van der Waals surface area contributed by atoms with Crippen molar-refractivity contribution in [2.24, 2.45) is 5.73 Å². The highest BCUT2D eigenvalue weighted by molar-refractivity contribution is 5.72. The van der Waals surface area contributed by atoms with Crippen LogP contribution in [0.5, 0.6) is 0 Å². The van der Waals surface area contributed by atoms with Crippen molar-refractivity contribution >= 4 is 5.97 Å². The molecule has 0 amide bonds. The zero-order chi connectivity index (χ0) is 13.3. The molecule has 1 saturated heterocycles. The largest absolute Gasteiger partial charge is 0.480 e. The first-order valence-corrected chi connectivity index (χ1v) is 6.02. The molecule has 0 aromatic rings. The molecule has 3 N–H and O–H groups in total. The molecule has 1 heterocycles. The first-order chi connectivity index (χ1) is 7.61. The van der Waals surface area contributed by atoms with Crippen LogP contribution in [0.2, 0.25) is 0 Å². The number of carbonyl (C=O) groups is 1. The lowest BCUT2D eigenvalue weighted by Gasteiger charge is -2.47. The summed E-state index contributed by atoms with van der Waals surface area (Å²) in [5.41, 5.74) is 5.11. The van der Waals surface area contributed by atoms with E-state index in [1.807, 2.05) is 0 Å². The third kappa shape index (κ3) is 4.61. The predicted octanol–water partition coefficient (Wildman–Crippen LogP) is 0.678. The molecule has 0 spiro atoms. The molecule has 5 nitrogen and oxygen atoms in total. The fourth-order valence-corrected chi connectivity index (χ4v) is 2.55. The van der Waals surface area contributed by atoms with Gasteiger partial charge >= 0.3 is 5.97 Å². The average molecular weight is 244 g/mol. The van der Waals surface area contributed by atoms with Crippen LogP contribution in [0, 0.1) is 0 Å².